The molecule has 0 saturated carbocycles. The number of rotatable bonds is 3. The molecule has 0 fully saturated rings. The van der Waals surface area contributed by atoms with Crippen LogP contribution in [0.15, 0.2) is 35.5 Å². The fraction of sp³-hybridized carbons (Fsp3) is 0.167. The molecule has 0 unspecified atom stereocenters. The van der Waals surface area contributed by atoms with E-state index in [1.807, 2.05) is 25.3 Å². The van der Waals surface area contributed by atoms with Crippen molar-refractivity contribution >= 4 is 34.9 Å². The van der Waals surface area contributed by atoms with Gasteiger partial charge in [-0.15, -0.1) is 11.8 Å². The van der Waals surface area contributed by atoms with Crippen LogP contribution in [-0.2, 0) is 0 Å². The van der Waals surface area contributed by atoms with Crippen molar-refractivity contribution in [3.05, 3.63) is 41.3 Å². The summed E-state index contributed by atoms with van der Waals surface area (Å²) in [6.45, 7) is 1.89. The topological polar surface area (TPSA) is 37.8 Å². The first-order valence-corrected chi connectivity index (χ1v) is 6.69. The Balaban J connectivity index is 2.28. The maximum Gasteiger partial charge on any atom is 0.138 e. The summed E-state index contributed by atoms with van der Waals surface area (Å²) in [5, 5.41) is 3.71. The second-order valence-corrected chi connectivity index (χ2v) is 4.73. The normalized spacial score (nSPS) is 10.3. The van der Waals surface area contributed by atoms with Crippen LogP contribution in [0.4, 0.5) is 11.5 Å². The van der Waals surface area contributed by atoms with Gasteiger partial charge in [0.25, 0.3) is 0 Å². The molecule has 1 aromatic heterocycles. The summed E-state index contributed by atoms with van der Waals surface area (Å²) in [7, 11) is 0. The minimum atomic E-state index is 0.475. The third-order valence-electron chi connectivity index (χ3n) is 2.36. The maximum absolute atomic E-state index is 5.94. The number of halogens is 1. The molecule has 5 heteroatoms. The number of anilines is 2. The van der Waals surface area contributed by atoms with Gasteiger partial charge in [0.1, 0.15) is 17.3 Å². The molecule has 1 N–H and O–H groups in total. The lowest BCUT2D eigenvalue weighted by Gasteiger charge is -2.09. The van der Waals surface area contributed by atoms with Crippen molar-refractivity contribution in [3.63, 3.8) is 0 Å². The Labute approximate surface area is 110 Å². The molecule has 1 heterocycles. The molecule has 1 aromatic carbocycles. The van der Waals surface area contributed by atoms with E-state index < -0.39 is 0 Å². The van der Waals surface area contributed by atoms with Crippen LogP contribution in [0.5, 0.6) is 0 Å². The monoisotopic (exact) mass is 265 g/mol. The number of aromatic nitrogens is 2. The summed E-state index contributed by atoms with van der Waals surface area (Å²) in [6.07, 6.45) is 3.50. The standard InChI is InChI=1S/C12H12ClN3S/c1-8-11(13)14-7-15-12(8)16-9-4-3-5-10(6-9)17-2/h3-7H,1-2H3,(H,14,15,16). The summed E-state index contributed by atoms with van der Waals surface area (Å²) in [4.78, 5) is 9.30. The fourth-order valence-corrected chi connectivity index (χ4v) is 1.98. The van der Waals surface area contributed by atoms with E-state index in [0.29, 0.717) is 5.15 Å². The van der Waals surface area contributed by atoms with E-state index in [0.717, 1.165) is 17.1 Å². The molecule has 0 saturated heterocycles. The number of hydrogen-bond donors (Lipinski definition) is 1. The fourth-order valence-electron chi connectivity index (χ4n) is 1.39. The molecular formula is C12H12ClN3S. The minimum absolute atomic E-state index is 0.475. The zero-order valence-corrected chi connectivity index (χ0v) is 11.1. The summed E-state index contributed by atoms with van der Waals surface area (Å²) in [5.74, 6) is 0.739. The lowest BCUT2D eigenvalue weighted by Crippen LogP contribution is -1.98. The molecule has 0 radical (unpaired) electrons. The first kappa shape index (κ1) is 12.2. The van der Waals surface area contributed by atoms with E-state index in [1.165, 1.54) is 11.2 Å². The van der Waals surface area contributed by atoms with Gasteiger partial charge in [-0.05, 0) is 31.4 Å². The Morgan fingerprint density at radius 2 is 2.12 bits per heavy atom. The van der Waals surface area contributed by atoms with Crippen molar-refractivity contribution in [1.29, 1.82) is 0 Å². The SMILES string of the molecule is CSc1cccc(Nc2ncnc(Cl)c2C)c1. The zero-order chi connectivity index (χ0) is 12.3. The largest absolute Gasteiger partial charge is 0.340 e. The van der Waals surface area contributed by atoms with Crippen LogP contribution in [-0.4, -0.2) is 16.2 Å². The molecule has 2 aromatic rings. The van der Waals surface area contributed by atoms with Gasteiger partial charge in [-0.3, -0.25) is 0 Å². The molecule has 2 rings (SSSR count). The summed E-state index contributed by atoms with van der Waals surface area (Å²) in [5.41, 5.74) is 1.85. The molecule has 0 aliphatic heterocycles. The Bertz CT molecular complexity index is 531. The third kappa shape index (κ3) is 2.90. The third-order valence-corrected chi connectivity index (χ3v) is 3.46. The van der Waals surface area contributed by atoms with Crippen LogP contribution in [0.2, 0.25) is 5.15 Å². The highest BCUT2D eigenvalue weighted by molar-refractivity contribution is 7.98. The Hall–Kier alpha value is -1.26. The van der Waals surface area contributed by atoms with Gasteiger partial charge < -0.3 is 5.32 Å². The molecule has 0 amide bonds. The first-order valence-electron chi connectivity index (χ1n) is 5.09. The van der Waals surface area contributed by atoms with Crippen molar-refractivity contribution in [2.75, 3.05) is 11.6 Å². The van der Waals surface area contributed by atoms with Crippen LogP contribution in [0, 0.1) is 6.92 Å². The van der Waals surface area contributed by atoms with Gasteiger partial charge in [-0.2, -0.15) is 0 Å². The number of thioether (sulfide) groups is 1. The zero-order valence-electron chi connectivity index (χ0n) is 9.57. The van der Waals surface area contributed by atoms with E-state index >= 15 is 0 Å². The predicted octanol–water partition coefficient (Wildman–Crippen LogP) is 3.90. The first-order chi connectivity index (χ1) is 8.20. The molecular weight excluding hydrogens is 254 g/mol. The van der Waals surface area contributed by atoms with Crippen molar-refractivity contribution in [2.24, 2.45) is 0 Å². The number of benzene rings is 1. The summed E-state index contributed by atoms with van der Waals surface area (Å²) in [6, 6.07) is 8.14. The van der Waals surface area contributed by atoms with Crippen LogP contribution in [0.1, 0.15) is 5.56 Å². The van der Waals surface area contributed by atoms with Gasteiger partial charge in [0.15, 0.2) is 0 Å². The Morgan fingerprint density at radius 1 is 1.29 bits per heavy atom. The molecule has 17 heavy (non-hydrogen) atoms. The second kappa shape index (κ2) is 5.38. The maximum atomic E-state index is 5.94. The minimum Gasteiger partial charge on any atom is -0.340 e. The van der Waals surface area contributed by atoms with E-state index in [-0.39, 0.29) is 0 Å². The average Bonchev–Trinajstić information content (AvgIpc) is 2.35. The smallest absolute Gasteiger partial charge is 0.138 e. The molecule has 0 atom stereocenters. The van der Waals surface area contributed by atoms with Crippen molar-refractivity contribution in [3.8, 4) is 0 Å². The molecule has 3 nitrogen and oxygen atoms in total. The highest BCUT2D eigenvalue weighted by Crippen LogP contribution is 2.24. The van der Waals surface area contributed by atoms with Crippen LogP contribution >= 0.6 is 23.4 Å². The van der Waals surface area contributed by atoms with Gasteiger partial charge in [-0.1, -0.05) is 17.7 Å². The van der Waals surface area contributed by atoms with E-state index in [1.54, 1.807) is 11.8 Å². The van der Waals surface area contributed by atoms with Gasteiger partial charge in [0, 0.05) is 16.1 Å². The highest BCUT2D eigenvalue weighted by atomic mass is 35.5. The van der Waals surface area contributed by atoms with Crippen molar-refractivity contribution in [1.82, 2.24) is 9.97 Å². The lowest BCUT2D eigenvalue weighted by atomic mass is 10.3. The van der Waals surface area contributed by atoms with E-state index in [2.05, 4.69) is 27.4 Å². The van der Waals surface area contributed by atoms with Gasteiger partial charge in [-0.25, -0.2) is 9.97 Å². The van der Waals surface area contributed by atoms with Gasteiger partial charge >= 0.3 is 0 Å². The van der Waals surface area contributed by atoms with Crippen molar-refractivity contribution < 1.29 is 0 Å². The molecule has 0 bridgehead atoms. The molecule has 0 aliphatic rings. The summed E-state index contributed by atoms with van der Waals surface area (Å²) < 4.78 is 0. The molecule has 0 spiro atoms. The molecule has 88 valence electrons. The van der Waals surface area contributed by atoms with E-state index in [9.17, 15) is 0 Å². The van der Waals surface area contributed by atoms with Crippen molar-refractivity contribution in [2.45, 2.75) is 11.8 Å². The number of nitrogens with one attached hydrogen (secondary N) is 1. The lowest BCUT2D eigenvalue weighted by molar-refractivity contribution is 1.13. The van der Waals surface area contributed by atoms with Gasteiger partial charge in [0.2, 0.25) is 0 Å². The van der Waals surface area contributed by atoms with Crippen LogP contribution in [0.25, 0.3) is 0 Å². The Morgan fingerprint density at radius 3 is 2.88 bits per heavy atom. The van der Waals surface area contributed by atoms with Gasteiger partial charge in [0.05, 0.1) is 0 Å². The van der Waals surface area contributed by atoms with Crippen LogP contribution in [0.3, 0.4) is 0 Å². The second-order valence-electron chi connectivity index (χ2n) is 3.50. The van der Waals surface area contributed by atoms with E-state index in [4.69, 9.17) is 11.6 Å². The molecule has 0 aliphatic carbocycles. The summed E-state index contributed by atoms with van der Waals surface area (Å²) >= 11 is 7.65. The Kier molecular flexibility index (Phi) is 3.86. The quantitative estimate of drug-likeness (QED) is 0.675. The van der Waals surface area contributed by atoms with Crippen LogP contribution < -0.4 is 5.32 Å². The number of nitrogens with zero attached hydrogens (tertiary/aromatic N) is 2. The average molecular weight is 266 g/mol. The highest BCUT2D eigenvalue weighted by Gasteiger charge is 2.05. The predicted molar refractivity (Wildman–Crippen MR) is 73.3 cm³/mol. The number of hydrogen-bond acceptors (Lipinski definition) is 4.